The van der Waals surface area contributed by atoms with Gasteiger partial charge in [-0.2, -0.15) is 0 Å². The van der Waals surface area contributed by atoms with Crippen LogP contribution in [0.3, 0.4) is 0 Å². The highest BCUT2D eigenvalue weighted by Gasteiger charge is 2.02. The highest BCUT2D eigenvalue weighted by molar-refractivity contribution is 6.30. The van der Waals surface area contributed by atoms with Crippen LogP contribution >= 0.6 is 11.6 Å². The van der Waals surface area contributed by atoms with Gasteiger partial charge in [0.25, 0.3) is 0 Å². The number of halogens is 2. The lowest BCUT2D eigenvalue weighted by Gasteiger charge is -2.06. The van der Waals surface area contributed by atoms with Gasteiger partial charge in [0.2, 0.25) is 0 Å². The second kappa shape index (κ2) is 5.73. The molecule has 4 heteroatoms. The first-order valence-corrected chi connectivity index (χ1v) is 4.89. The van der Waals surface area contributed by atoms with Gasteiger partial charge in [-0.05, 0) is 35.8 Å². The summed E-state index contributed by atoms with van der Waals surface area (Å²) in [6.07, 6.45) is 0.983. The number of hydrogen-bond donors (Lipinski definition) is 1. The van der Waals surface area contributed by atoms with Gasteiger partial charge in [-0.25, -0.2) is 4.39 Å². The molecule has 15 heavy (non-hydrogen) atoms. The summed E-state index contributed by atoms with van der Waals surface area (Å²) in [5.41, 5.74) is 6.78. The van der Waals surface area contributed by atoms with Crippen LogP contribution in [0.2, 0.25) is 5.02 Å². The Bertz CT molecular complexity index is 366. The molecule has 1 aromatic carbocycles. The third kappa shape index (κ3) is 3.53. The van der Waals surface area contributed by atoms with Crippen molar-refractivity contribution in [2.75, 3.05) is 13.7 Å². The maximum atomic E-state index is 12.3. The Morgan fingerprint density at radius 2 is 2.27 bits per heavy atom. The average Bonchev–Trinajstić information content (AvgIpc) is 2.25. The van der Waals surface area contributed by atoms with Gasteiger partial charge in [0, 0.05) is 11.6 Å². The first kappa shape index (κ1) is 12.0. The molecular weight excluding hydrogens is 217 g/mol. The fraction of sp³-hybridized carbons (Fsp3) is 0.273. The monoisotopic (exact) mass is 229 g/mol. The van der Waals surface area contributed by atoms with E-state index in [1.165, 1.54) is 0 Å². The summed E-state index contributed by atoms with van der Waals surface area (Å²) in [5, 5.41) is 0.569. The highest BCUT2D eigenvalue weighted by atomic mass is 35.5. The maximum Gasteiger partial charge on any atom is 0.120 e. The van der Waals surface area contributed by atoms with E-state index in [-0.39, 0.29) is 6.54 Å². The van der Waals surface area contributed by atoms with Crippen molar-refractivity contribution in [3.63, 3.8) is 0 Å². The van der Waals surface area contributed by atoms with Crippen molar-refractivity contribution in [3.05, 3.63) is 40.7 Å². The zero-order valence-electron chi connectivity index (χ0n) is 8.47. The lowest BCUT2D eigenvalue weighted by molar-refractivity contribution is 0.414. The fourth-order valence-corrected chi connectivity index (χ4v) is 1.51. The van der Waals surface area contributed by atoms with E-state index >= 15 is 0 Å². The van der Waals surface area contributed by atoms with Crippen molar-refractivity contribution >= 4 is 11.6 Å². The van der Waals surface area contributed by atoms with Crippen molar-refractivity contribution in [2.24, 2.45) is 5.73 Å². The van der Waals surface area contributed by atoms with Gasteiger partial charge in [-0.15, -0.1) is 0 Å². The van der Waals surface area contributed by atoms with Crippen LogP contribution in [0.5, 0.6) is 5.75 Å². The third-order valence-electron chi connectivity index (χ3n) is 2.01. The Labute approximate surface area is 93.5 Å². The van der Waals surface area contributed by atoms with Crippen molar-refractivity contribution in [1.29, 1.82) is 0 Å². The smallest absolute Gasteiger partial charge is 0.120 e. The normalized spacial score (nSPS) is 11.6. The Balaban J connectivity index is 2.89. The molecule has 82 valence electrons. The summed E-state index contributed by atoms with van der Waals surface area (Å²) >= 11 is 5.87. The van der Waals surface area contributed by atoms with E-state index < -0.39 is 0 Å². The van der Waals surface area contributed by atoms with Crippen LogP contribution in [0, 0.1) is 0 Å². The summed E-state index contributed by atoms with van der Waals surface area (Å²) in [6.45, 7) is 0.200. The van der Waals surface area contributed by atoms with E-state index in [9.17, 15) is 4.39 Å². The van der Waals surface area contributed by atoms with Crippen LogP contribution in [-0.2, 0) is 6.42 Å². The van der Waals surface area contributed by atoms with Gasteiger partial charge in [0.1, 0.15) is 5.75 Å². The Hall–Kier alpha value is -1.06. The largest absolute Gasteiger partial charge is 0.497 e. The van der Waals surface area contributed by atoms with Gasteiger partial charge >= 0.3 is 0 Å². The SMILES string of the molecule is COc1cc(Cl)cc(CC(=CF)CN)c1. The minimum absolute atomic E-state index is 0.200. The van der Waals surface area contributed by atoms with Gasteiger partial charge in [-0.1, -0.05) is 11.6 Å². The molecule has 2 N–H and O–H groups in total. The van der Waals surface area contributed by atoms with Crippen LogP contribution in [0.1, 0.15) is 5.56 Å². The molecule has 2 nitrogen and oxygen atoms in total. The van der Waals surface area contributed by atoms with Gasteiger partial charge < -0.3 is 10.5 Å². The van der Waals surface area contributed by atoms with Crippen LogP contribution in [0.15, 0.2) is 30.1 Å². The lowest BCUT2D eigenvalue weighted by Crippen LogP contribution is -2.05. The maximum absolute atomic E-state index is 12.3. The molecule has 0 saturated heterocycles. The molecule has 0 radical (unpaired) electrons. The van der Waals surface area contributed by atoms with Gasteiger partial charge in [0.15, 0.2) is 0 Å². The molecule has 0 unspecified atom stereocenters. The number of rotatable bonds is 4. The summed E-state index contributed by atoms with van der Waals surface area (Å²) in [4.78, 5) is 0. The number of nitrogens with two attached hydrogens (primary N) is 1. The molecule has 0 aliphatic rings. The average molecular weight is 230 g/mol. The standard InChI is InChI=1S/C11H13ClFNO/c1-15-11-4-8(3-10(12)5-11)2-9(6-13)7-14/h3-6H,2,7,14H2,1H3. The predicted octanol–water partition coefficient (Wildman–Crippen LogP) is 2.70. The van der Waals surface area contributed by atoms with E-state index in [1.54, 1.807) is 19.2 Å². The summed E-state index contributed by atoms with van der Waals surface area (Å²) in [5.74, 6) is 0.660. The molecule has 0 saturated carbocycles. The topological polar surface area (TPSA) is 35.2 Å². The van der Waals surface area contributed by atoms with E-state index in [0.717, 1.165) is 5.56 Å². The van der Waals surface area contributed by atoms with Gasteiger partial charge in [-0.3, -0.25) is 0 Å². The molecule has 0 atom stereocenters. The molecule has 0 heterocycles. The lowest BCUT2D eigenvalue weighted by atomic mass is 10.1. The van der Waals surface area contributed by atoms with E-state index in [2.05, 4.69) is 0 Å². The number of hydrogen-bond acceptors (Lipinski definition) is 2. The molecule has 0 bridgehead atoms. The van der Waals surface area contributed by atoms with Crippen LogP contribution in [0.4, 0.5) is 4.39 Å². The molecule has 0 amide bonds. The van der Waals surface area contributed by atoms with Crippen LogP contribution in [0.25, 0.3) is 0 Å². The number of methoxy groups -OCH3 is 1. The van der Waals surface area contributed by atoms with Crippen molar-refractivity contribution in [1.82, 2.24) is 0 Å². The second-order valence-electron chi connectivity index (χ2n) is 3.15. The van der Waals surface area contributed by atoms with E-state index in [0.29, 0.717) is 29.1 Å². The first-order valence-electron chi connectivity index (χ1n) is 4.51. The zero-order chi connectivity index (χ0) is 11.3. The molecule has 0 aliphatic heterocycles. The minimum atomic E-state index is 0.200. The number of benzene rings is 1. The quantitative estimate of drug-likeness (QED) is 0.862. The van der Waals surface area contributed by atoms with Gasteiger partial charge in [0.05, 0.1) is 13.4 Å². The number of ether oxygens (including phenoxy) is 1. The third-order valence-corrected chi connectivity index (χ3v) is 2.23. The van der Waals surface area contributed by atoms with Crippen molar-refractivity contribution < 1.29 is 9.13 Å². The molecule has 0 aromatic heterocycles. The minimum Gasteiger partial charge on any atom is -0.497 e. The van der Waals surface area contributed by atoms with E-state index in [4.69, 9.17) is 22.1 Å². The molecular formula is C11H13ClFNO. The Morgan fingerprint density at radius 1 is 1.53 bits per heavy atom. The molecule has 1 aromatic rings. The van der Waals surface area contributed by atoms with Crippen LogP contribution in [-0.4, -0.2) is 13.7 Å². The zero-order valence-corrected chi connectivity index (χ0v) is 9.22. The highest BCUT2D eigenvalue weighted by Crippen LogP contribution is 2.22. The Kier molecular flexibility index (Phi) is 4.59. The molecule has 0 spiro atoms. The van der Waals surface area contributed by atoms with E-state index in [1.807, 2.05) is 6.07 Å². The second-order valence-corrected chi connectivity index (χ2v) is 3.58. The van der Waals surface area contributed by atoms with Crippen molar-refractivity contribution in [3.8, 4) is 5.75 Å². The summed E-state index contributed by atoms with van der Waals surface area (Å²) < 4.78 is 17.4. The Morgan fingerprint density at radius 3 is 2.80 bits per heavy atom. The molecule has 0 fully saturated rings. The molecule has 1 rings (SSSR count). The van der Waals surface area contributed by atoms with Crippen molar-refractivity contribution in [2.45, 2.75) is 6.42 Å². The molecule has 0 aliphatic carbocycles. The summed E-state index contributed by atoms with van der Waals surface area (Å²) in [6, 6.07) is 5.28. The first-order chi connectivity index (χ1) is 7.19. The fourth-order valence-electron chi connectivity index (χ4n) is 1.26. The predicted molar refractivity (Wildman–Crippen MR) is 60.0 cm³/mol. The summed E-state index contributed by atoms with van der Waals surface area (Å²) in [7, 11) is 1.56. The van der Waals surface area contributed by atoms with Crippen LogP contribution < -0.4 is 10.5 Å².